The fourth-order valence-electron chi connectivity index (χ4n) is 3.55. The third kappa shape index (κ3) is 3.32. The normalized spacial score (nSPS) is 16.6. The van der Waals surface area contributed by atoms with Gasteiger partial charge in [0.2, 0.25) is 0 Å². The number of hydrogen-bond acceptors (Lipinski definition) is 5. The van der Waals surface area contributed by atoms with Gasteiger partial charge in [-0.3, -0.25) is 4.79 Å². The molecule has 1 atom stereocenters. The number of methoxy groups -OCH3 is 2. The lowest BCUT2D eigenvalue weighted by molar-refractivity contribution is 0.0949. The molecule has 1 aliphatic heterocycles. The Kier molecular flexibility index (Phi) is 4.66. The van der Waals surface area contributed by atoms with Gasteiger partial charge in [0, 0.05) is 29.2 Å². The number of nitrogens with zero attached hydrogens (tertiary/aromatic N) is 1. The van der Waals surface area contributed by atoms with Crippen LogP contribution in [0.2, 0.25) is 0 Å². The average Bonchev–Trinajstić information content (AvgIpc) is 3.01. The second-order valence-electron chi connectivity index (χ2n) is 6.75. The van der Waals surface area contributed by atoms with Gasteiger partial charge in [-0.05, 0) is 42.8 Å². The van der Waals surface area contributed by atoms with Crippen molar-refractivity contribution in [1.82, 2.24) is 5.32 Å². The van der Waals surface area contributed by atoms with Crippen LogP contribution < -0.4 is 19.7 Å². The molecule has 1 amide bonds. The zero-order chi connectivity index (χ0) is 19.0. The van der Waals surface area contributed by atoms with E-state index in [0.717, 1.165) is 44.3 Å². The SMILES string of the molecule is COc1cccc(CN2C[C@@H](C)NC(=O)c3sc4ccc(OC)cc4c32)c1. The predicted octanol–water partition coefficient (Wildman–Crippen LogP) is 4.06. The molecule has 1 N–H and O–H groups in total. The number of fused-ring (bicyclic) bond motifs is 3. The minimum absolute atomic E-state index is 0.00851. The number of carbonyl (C=O) groups excluding carboxylic acids is 1. The lowest BCUT2D eigenvalue weighted by atomic mass is 10.1. The lowest BCUT2D eigenvalue weighted by Gasteiger charge is -2.26. The molecule has 0 unspecified atom stereocenters. The lowest BCUT2D eigenvalue weighted by Crippen LogP contribution is -2.38. The summed E-state index contributed by atoms with van der Waals surface area (Å²) >= 11 is 1.53. The van der Waals surface area contributed by atoms with Gasteiger partial charge in [-0.25, -0.2) is 0 Å². The van der Waals surface area contributed by atoms with Crippen LogP contribution in [0.15, 0.2) is 42.5 Å². The Morgan fingerprint density at radius 2 is 1.93 bits per heavy atom. The maximum Gasteiger partial charge on any atom is 0.263 e. The van der Waals surface area contributed by atoms with Crippen LogP contribution in [0.25, 0.3) is 10.1 Å². The minimum atomic E-state index is -0.00851. The van der Waals surface area contributed by atoms with Crippen molar-refractivity contribution >= 4 is 33.0 Å². The molecular formula is C21H22N2O3S. The van der Waals surface area contributed by atoms with Gasteiger partial charge in [0.25, 0.3) is 5.91 Å². The molecule has 140 valence electrons. The fraction of sp³-hybridized carbons (Fsp3) is 0.286. The van der Waals surface area contributed by atoms with Gasteiger partial charge in [-0.15, -0.1) is 11.3 Å². The number of nitrogens with one attached hydrogen (secondary N) is 1. The molecule has 6 heteroatoms. The van der Waals surface area contributed by atoms with Crippen LogP contribution in [0.1, 0.15) is 22.2 Å². The summed E-state index contributed by atoms with van der Waals surface area (Å²) in [6.07, 6.45) is 0. The fourth-order valence-corrected chi connectivity index (χ4v) is 4.66. The van der Waals surface area contributed by atoms with E-state index in [1.165, 1.54) is 11.3 Å². The van der Waals surface area contributed by atoms with Crippen LogP contribution in [0, 0.1) is 0 Å². The van der Waals surface area contributed by atoms with Crippen LogP contribution in [0.5, 0.6) is 11.5 Å². The van der Waals surface area contributed by atoms with Crippen molar-refractivity contribution in [2.75, 3.05) is 25.7 Å². The summed E-state index contributed by atoms with van der Waals surface area (Å²) in [5, 5.41) is 4.16. The van der Waals surface area contributed by atoms with E-state index in [0.29, 0.717) is 6.54 Å². The van der Waals surface area contributed by atoms with E-state index in [2.05, 4.69) is 16.3 Å². The van der Waals surface area contributed by atoms with Gasteiger partial charge in [0.15, 0.2) is 0 Å². The number of benzene rings is 2. The predicted molar refractivity (Wildman–Crippen MR) is 109 cm³/mol. The Balaban J connectivity index is 1.83. The number of anilines is 1. The number of carbonyl (C=O) groups is 1. The quantitative estimate of drug-likeness (QED) is 0.739. The molecule has 1 aromatic heterocycles. The van der Waals surface area contributed by atoms with E-state index in [1.807, 2.05) is 43.3 Å². The van der Waals surface area contributed by atoms with Gasteiger partial charge >= 0.3 is 0 Å². The van der Waals surface area contributed by atoms with Gasteiger partial charge in [0.1, 0.15) is 16.4 Å². The number of ether oxygens (including phenoxy) is 2. The second kappa shape index (κ2) is 7.12. The summed E-state index contributed by atoms with van der Waals surface area (Å²) in [7, 11) is 3.33. The molecule has 3 aromatic rings. The third-order valence-corrected chi connectivity index (χ3v) is 5.93. The molecule has 0 radical (unpaired) electrons. The van der Waals surface area contributed by atoms with Crippen molar-refractivity contribution < 1.29 is 14.3 Å². The van der Waals surface area contributed by atoms with Gasteiger partial charge in [-0.1, -0.05) is 12.1 Å². The van der Waals surface area contributed by atoms with E-state index in [9.17, 15) is 4.79 Å². The summed E-state index contributed by atoms with van der Waals surface area (Å²) < 4.78 is 11.9. The van der Waals surface area contributed by atoms with E-state index in [1.54, 1.807) is 14.2 Å². The van der Waals surface area contributed by atoms with E-state index < -0.39 is 0 Å². The maximum atomic E-state index is 12.8. The first kappa shape index (κ1) is 17.7. The maximum absolute atomic E-state index is 12.8. The number of rotatable bonds is 4. The number of amides is 1. The molecule has 0 saturated heterocycles. The molecule has 0 aliphatic carbocycles. The molecule has 0 spiro atoms. The average molecular weight is 382 g/mol. The highest BCUT2D eigenvalue weighted by molar-refractivity contribution is 7.21. The smallest absolute Gasteiger partial charge is 0.263 e. The Labute approximate surface area is 162 Å². The molecule has 5 nitrogen and oxygen atoms in total. The van der Waals surface area contributed by atoms with Crippen LogP contribution in [0.3, 0.4) is 0 Å². The molecule has 2 aromatic carbocycles. The van der Waals surface area contributed by atoms with Gasteiger partial charge < -0.3 is 19.7 Å². The van der Waals surface area contributed by atoms with Crippen LogP contribution in [-0.2, 0) is 6.54 Å². The highest BCUT2D eigenvalue weighted by Gasteiger charge is 2.29. The molecule has 27 heavy (non-hydrogen) atoms. The summed E-state index contributed by atoms with van der Waals surface area (Å²) in [4.78, 5) is 15.8. The molecule has 4 rings (SSSR count). The van der Waals surface area contributed by atoms with Crippen molar-refractivity contribution in [3.63, 3.8) is 0 Å². The molecule has 2 heterocycles. The molecule has 1 aliphatic rings. The molecule has 0 bridgehead atoms. The largest absolute Gasteiger partial charge is 0.497 e. The number of hydrogen-bond donors (Lipinski definition) is 1. The zero-order valence-corrected chi connectivity index (χ0v) is 16.4. The molecule has 0 saturated carbocycles. The first-order valence-corrected chi connectivity index (χ1v) is 9.70. The van der Waals surface area contributed by atoms with Crippen molar-refractivity contribution in [1.29, 1.82) is 0 Å². The minimum Gasteiger partial charge on any atom is -0.497 e. The first-order chi connectivity index (χ1) is 13.1. The Hall–Kier alpha value is -2.73. The summed E-state index contributed by atoms with van der Waals surface area (Å²) in [6.45, 7) is 3.47. The Bertz CT molecular complexity index is 998. The summed E-state index contributed by atoms with van der Waals surface area (Å²) in [5.41, 5.74) is 2.13. The van der Waals surface area contributed by atoms with E-state index in [4.69, 9.17) is 9.47 Å². The summed E-state index contributed by atoms with van der Waals surface area (Å²) in [5.74, 6) is 1.62. The highest BCUT2D eigenvalue weighted by atomic mass is 32.1. The van der Waals surface area contributed by atoms with Crippen molar-refractivity contribution in [2.24, 2.45) is 0 Å². The molecular weight excluding hydrogens is 360 g/mol. The Morgan fingerprint density at radius 3 is 2.70 bits per heavy atom. The zero-order valence-electron chi connectivity index (χ0n) is 15.6. The van der Waals surface area contributed by atoms with Crippen LogP contribution in [0.4, 0.5) is 5.69 Å². The number of thiophene rings is 1. The van der Waals surface area contributed by atoms with Gasteiger partial charge in [-0.2, -0.15) is 0 Å². The molecule has 0 fully saturated rings. The van der Waals surface area contributed by atoms with Crippen molar-refractivity contribution in [3.05, 3.63) is 52.9 Å². The topological polar surface area (TPSA) is 50.8 Å². The van der Waals surface area contributed by atoms with Crippen LogP contribution >= 0.6 is 11.3 Å². The van der Waals surface area contributed by atoms with Gasteiger partial charge in [0.05, 0.1) is 19.9 Å². The van der Waals surface area contributed by atoms with E-state index >= 15 is 0 Å². The third-order valence-electron chi connectivity index (χ3n) is 4.77. The second-order valence-corrected chi connectivity index (χ2v) is 7.80. The van der Waals surface area contributed by atoms with E-state index in [-0.39, 0.29) is 11.9 Å². The van der Waals surface area contributed by atoms with Crippen LogP contribution in [-0.4, -0.2) is 32.7 Å². The first-order valence-electron chi connectivity index (χ1n) is 8.88. The Morgan fingerprint density at radius 1 is 1.15 bits per heavy atom. The van der Waals surface area contributed by atoms with Crippen molar-refractivity contribution in [3.8, 4) is 11.5 Å². The standard InChI is InChI=1S/C21H22N2O3S/c1-13-11-23(12-14-5-4-6-15(9-14)25-2)19-17-10-16(26-3)7-8-18(17)27-20(19)21(24)22-13/h4-10,13H,11-12H2,1-3H3,(H,22,24)/t13-/m1/s1. The van der Waals surface area contributed by atoms with Crippen molar-refractivity contribution in [2.45, 2.75) is 19.5 Å². The monoisotopic (exact) mass is 382 g/mol. The summed E-state index contributed by atoms with van der Waals surface area (Å²) in [6, 6.07) is 14.1. The highest BCUT2D eigenvalue weighted by Crippen LogP contribution is 2.41.